The maximum Gasteiger partial charge on any atom is 0.407 e. The highest BCUT2D eigenvalue weighted by molar-refractivity contribution is 7.16. The number of hydrogen-bond acceptors (Lipinski definition) is 6. The smallest absolute Gasteiger partial charge is 0.407 e. The Morgan fingerprint density at radius 1 is 1.25 bits per heavy atom. The molecule has 7 nitrogen and oxygen atoms in total. The van der Waals surface area contributed by atoms with E-state index in [1.807, 2.05) is 0 Å². The first kappa shape index (κ1) is 22.5. The normalized spacial score (nSPS) is 16.5. The van der Waals surface area contributed by atoms with E-state index in [1.165, 1.54) is 37.0 Å². The SMILES string of the molecule is CCCCCCCCOC(=O)NCc1cc(C(=O)O)c(NC2CCCCO2)s1. The highest BCUT2D eigenvalue weighted by Gasteiger charge is 2.20. The molecule has 0 bridgehead atoms. The third-order valence-corrected chi connectivity index (χ3v) is 5.69. The zero-order valence-electron chi connectivity index (χ0n) is 16.6. The van der Waals surface area contributed by atoms with E-state index in [-0.39, 0.29) is 18.3 Å². The lowest BCUT2D eigenvalue weighted by Crippen LogP contribution is -2.27. The zero-order valence-corrected chi connectivity index (χ0v) is 17.4. The number of aromatic carboxylic acids is 1. The molecule has 2 heterocycles. The number of carboxylic acid groups (broad SMARTS) is 1. The molecule has 0 saturated carbocycles. The van der Waals surface area contributed by atoms with Crippen LogP contribution in [0.3, 0.4) is 0 Å². The average molecular weight is 413 g/mol. The summed E-state index contributed by atoms with van der Waals surface area (Å²) in [6.07, 6.45) is 9.14. The van der Waals surface area contributed by atoms with Gasteiger partial charge in [0.2, 0.25) is 0 Å². The molecule has 1 fully saturated rings. The van der Waals surface area contributed by atoms with E-state index in [9.17, 15) is 14.7 Å². The van der Waals surface area contributed by atoms with Crippen molar-refractivity contribution in [1.29, 1.82) is 0 Å². The van der Waals surface area contributed by atoms with Gasteiger partial charge >= 0.3 is 12.1 Å². The largest absolute Gasteiger partial charge is 0.478 e. The maximum atomic E-state index is 11.8. The Morgan fingerprint density at radius 3 is 2.75 bits per heavy atom. The highest BCUT2D eigenvalue weighted by Crippen LogP contribution is 2.30. The van der Waals surface area contributed by atoms with Crippen LogP contribution in [-0.2, 0) is 16.0 Å². The molecule has 28 heavy (non-hydrogen) atoms. The molecule has 0 radical (unpaired) electrons. The number of unbranched alkanes of at least 4 members (excludes halogenated alkanes) is 5. The minimum atomic E-state index is -0.994. The Labute approximate surface area is 170 Å². The molecule has 0 spiro atoms. The predicted octanol–water partition coefficient (Wildman–Crippen LogP) is 4.97. The molecule has 1 aromatic heterocycles. The van der Waals surface area contributed by atoms with Gasteiger partial charge in [-0.1, -0.05) is 39.0 Å². The number of thiophene rings is 1. The first-order chi connectivity index (χ1) is 13.6. The monoisotopic (exact) mass is 412 g/mol. The van der Waals surface area contributed by atoms with Crippen molar-refractivity contribution in [2.75, 3.05) is 18.5 Å². The highest BCUT2D eigenvalue weighted by atomic mass is 32.1. The molecule has 0 aromatic carbocycles. The van der Waals surface area contributed by atoms with Crippen LogP contribution in [0.5, 0.6) is 0 Å². The predicted molar refractivity (Wildman–Crippen MR) is 110 cm³/mol. The molecule has 8 heteroatoms. The number of ether oxygens (including phenoxy) is 2. The lowest BCUT2D eigenvalue weighted by molar-refractivity contribution is 0.0344. The Hall–Kier alpha value is -1.80. The van der Waals surface area contributed by atoms with Gasteiger partial charge in [-0.15, -0.1) is 11.3 Å². The van der Waals surface area contributed by atoms with Gasteiger partial charge in [0.15, 0.2) is 0 Å². The van der Waals surface area contributed by atoms with Crippen molar-refractivity contribution in [3.8, 4) is 0 Å². The first-order valence-electron chi connectivity index (χ1n) is 10.2. The summed E-state index contributed by atoms with van der Waals surface area (Å²) in [6.45, 7) is 3.52. The molecule has 2 rings (SSSR count). The summed E-state index contributed by atoms with van der Waals surface area (Å²) in [5.74, 6) is -0.994. The molecular weight excluding hydrogens is 380 g/mol. The van der Waals surface area contributed by atoms with Gasteiger partial charge in [0.05, 0.1) is 18.7 Å². The summed E-state index contributed by atoms with van der Waals surface area (Å²) < 4.78 is 10.8. The Kier molecular flexibility index (Phi) is 10.1. The summed E-state index contributed by atoms with van der Waals surface area (Å²) in [7, 11) is 0. The molecule has 1 aromatic rings. The van der Waals surface area contributed by atoms with Gasteiger partial charge in [0, 0.05) is 11.5 Å². The molecule has 1 unspecified atom stereocenters. The average Bonchev–Trinajstić information content (AvgIpc) is 3.09. The van der Waals surface area contributed by atoms with Crippen molar-refractivity contribution in [3.05, 3.63) is 16.5 Å². The number of amides is 1. The maximum absolute atomic E-state index is 11.8. The molecule has 3 N–H and O–H groups in total. The second-order valence-corrected chi connectivity index (χ2v) is 8.15. The minimum Gasteiger partial charge on any atom is -0.478 e. The van der Waals surface area contributed by atoms with E-state index in [1.54, 1.807) is 6.07 Å². The lowest BCUT2D eigenvalue weighted by atomic mass is 10.1. The number of alkyl carbamates (subject to hydrolysis) is 1. The summed E-state index contributed by atoms with van der Waals surface area (Å²) in [4.78, 5) is 24.1. The molecule has 1 atom stereocenters. The van der Waals surface area contributed by atoms with Crippen LogP contribution in [0.15, 0.2) is 6.07 Å². The van der Waals surface area contributed by atoms with E-state index in [0.29, 0.717) is 18.2 Å². The van der Waals surface area contributed by atoms with Crippen molar-refractivity contribution in [2.45, 2.75) is 77.5 Å². The molecule has 158 valence electrons. The van der Waals surface area contributed by atoms with Crippen LogP contribution in [0.4, 0.5) is 9.80 Å². The zero-order chi connectivity index (χ0) is 20.2. The summed E-state index contributed by atoms with van der Waals surface area (Å²) in [6, 6.07) is 1.59. The minimum absolute atomic E-state index is 0.159. The van der Waals surface area contributed by atoms with Crippen LogP contribution >= 0.6 is 11.3 Å². The third-order valence-electron chi connectivity index (χ3n) is 4.62. The Morgan fingerprint density at radius 2 is 2.04 bits per heavy atom. The van der Waals surface area contributed by atoms with Gasteiger partial charge in [0.1, 0.15) is 11.2 Å². The molecular formula is C20H32N2O5S. The van der Waals surface area contributed by atoms with Crippen LogP contribution in [-0.4, -0.2) is 36.6 Å². The fraction of sp³-hybridized carbons (Fsp3) is 0.700. The van der Waals surface area contributed by atoms with E-state index >= 15 is 0 Å². The second-order valence-electron chi connectivity index (χ2n) is 7.02. The quantitative estimate of drug-likeness (QED) is 0.419. The van der Waals surface area contributed by atoms with Crippen LogP contribution in [0.2, 0.25) is 0 Å². The van der Waals surface area contributed by atoms with E-state index in [2.05, 4.69) is 17.6 Å². The van der Waals surface area contributed by atoms with Gasteiger partial charge in [-0.2, -0.15) is 0 Å². The summed E-state index contributed by atoms with van der Waals surface area (Å²) >= 11 is 1.32. The fourth-order valence-corrected chi connectivity index (χ4v) is 4.08. The van der Waals surface area contributed by atoms with Gasteiger partial charge < -0.3 is 25.2 Å². The molecule has 1 amide bonds. The third kappa shape index (κ3) is 8.06. The van der Waals surface area contributed by atoms with Crippen molar-refractivity contribution in [2.24, 2.45) is 0 Å². The topological polar surface area (TPSA) is 96.9 Å². The number of carboxylic acids is 1. The lowest BCUT2D eigenvalue weighted by Gasteiger charge is -2.23. The summed E-state index contributed by atoms with van der Waals surface area (Å²) in [5.41, 5.74) is 0.205. The van der Waals surface area contributed by atoms with E-state index in [0.717, 1.165) is 37.0 Å². The Bertz CT molecular complexity index is 614. The van der Waals surface area contributed by atoms with Crippen molar-refractivity contribution < 1.29 is 24.2 Å². The molecule has 1 aliphatic heterocycles. The van der Waals surface area contributed by atoms with Gasteiger partial charge in [0.25, 0.3) is 0 Å². The van der Waals surface area contributed by atoms with E-state index in [4.69, 9.17) is 9.47 Å². The first-order valence-corrected chi connectivity index (χ1v) is 11.1. The molecule has 0 aliphatic carbocycles. The van der Waals surface area contributed by atoms with Crippen molar-refractivity contribution in [3.63, 3.8) is 0 Å². The Balaban J connectivity index is 1.73. The van der Waals surface area contributed by atoms with Gasteiger partial charge in [-0.3, -0.25) is 0 Å². The number of hydrogen-bond donors (Lipinski definition) is 3. The summed E-state index contributed by atoms with van der Waals surface area (Å²) in [5, 5.41) is 15.9. The van der Waals surface area contributed by atoms with E-state index < -0.39 is 12.1 Å². The molecule has 1 aliphatic rings. The van der Waals surface area contributed by atoms with Gasteiger partial charge in [-0.05, 0) is 31.7 Å². The number of anilines is 1. The van der Waals surface area contributed by atoms with Crippen LogP contribution in [0.1, 0.15) is 79.9 Å². The van der Waals surface area contributed by atoms with Crippen molar-refractivity contribution in [1.82, 2.24) is 5.32 Å². The van der Waals surface area contributed by atoms with Crippen molar-refractivity contribution >= 4 is 28.4 Å². The van der Waals surface area contributed by atoms with Crippen LogP contribution < -0.4 is 10.6 Å². The molecule has 1 saturated heterocycles. The van der Waals surface area contributed by atoms with Gasteiger partial charge in [-0.25, -0.2) is 9.59 Å². The second kappa shape index (κ2) is 12.6. The van der Waals surface area contributed by atoms with Crippen LogP contribution in [0.25, 0.3) is 0 Å². The number of nitrogens with one attached hydrogen (secondary N) is 2. The van der Waals surface area contributed by atoms with Crippen LogP contribution in [0, 0.1) is 0 Å². The number of carbonyl (C=O) groups is 2. The number of carbonyl (C=O) groups excluding carboxylic acids is 1. The fourth-order valence-electron chi connectivity index (χ4n) is 3.05. The standard InChI is InChI=1S/C20H32N2O5S/c1-2-3-4-5-6-8-12-27-20(25)21-14-15-13-16(19(23)24)18(28-15)22-17-10-7-9-11-26-17/h13,17,22H,2-12,14H2,1H3,(H,21,25)(H,23,24). The number of rotatable bonds is 12.